The van der Waals surface area contributed by atoms with Crippen LogP contribution in [0, 0.1) is 0 Å². The molecule has 0 aliphatic heterocycles. The van der Waals surface area contributed by atoms with Crippen LogP contribution in [0.5, 0.6) is 0 Å². The summed E-state index contributed by atoms with van der Waals surface area (Å²) in [4.78, 5) is 0. The molecular weight excluding hydrogens is 271 g/mol. The normalized spacial score (nSPS) is 13.8. The lowest BCUT2D eigenvalue weighted by Gasteiger charge is -2.13. The predicted octanol–water partition coefficient (Wildman–Crippen LogP) is 2.46. The maximum Gasteiger partial charge on any atom is 0.159 e. The van der Waals surface area contributed by atoms with E-state index in [-0.39, 0.29) is 12.4 Å². The quantitative estimate of drug-likeness (QED) is 0.923. The van der Waals surface area contributed by atoms with Gasteiger partial charge < -0.3 is 5.11 Å². The van der Waals surface area contributed by atoms with Gasteiger partial charge in [0.25, 0.3) is 0 Å². The lowest BCUT2D eigenvalue weighted by molar-refractivity contribution is 0.319. The van der Waals surface area contributed by atoms with Crippen molar-refractivity contribution in [1.29, 1.82) is 0 Å². The molecule has 0 aromatic heterocycles. The van der Waals surface area contributed by atoms with Crippen molar-refractivity contribution in [2.24, 2.45) is 0 Å². The Bertz CT molecular complexity index is 471. The monoisotopic (exact) mass is 282 g/mol. The first-order valence-corrected chi connectivity index (χ1v) is 7.13. The maximum absolute atomic E-state index is 11.7. The van der Waals surface area contributed by atoms with E-state index < -0.39 is 15.1 Å². The number of sulfone groups is 1. The molecule has 0 saturated carbocycles. The molecule has 6 heteroatoms. The highest BCUT2D eigenvalue weighted by Gasteiger charge is 2.22. The summed E-state index contributed by atoms with van der Waals surface area (Å²) in [6, 6.07) is 4.71. The molecule has 0 bridgehead atoms. The van der Waals surface area contributed by atoms with Crippen molar-refractivity contribution in [1.82, 2.24) is 0 Å². The second-order valence-electron chi connectivity index (χ2n) is 3.41. The summed E-state index contributed by atoms with van der Waals surface area (Å²) in [6.07, 6.45) is 0. The summed E-state index contributed by atoms with van der Waals surface area (Å²) in [5, 5.41) is 8.68. The number of aliphatic hydroxyl groups excluding tert-OH is 1. The zero-order valence-corrected chi connectivity index (χ0v) is 11.0. The van der Waals surface area contributed by atoms with Crippen LogP contribution >= 0.6 is 23.2 Å². The van der Waals surface area contributed by atoms with Gasteiger partial charge in [-0.2, -0.15) is 0 Å². The van der Waals surface area contributed by atoms with E-state index in [1.807, 2.05) is 0 Å². The van der Waals surface area contributed by atoms with Gasteiger partial charge in [-0.15, -0.1) is 0 Å². The minimum atomic E-state index is -3.34. The van der Waals surface area contributed by atoms with Gasteiger partial charge in [-0.1, -0.05) is 29.3 Å². The van der Waals surface area contributed by atoms with Crippen molar-refractivity contribution in [3.63, 3.8) is 0 Å². The van der Waals surface area contributed by atoms with Crippen LogP contribution in [0.25, 0.3) is 0 Å². The van der Waals surface area contributed by atoms with Gasteiger partial charge >= 0.3 is 0 Å². The fourth-order valence-electron chi connectivity index (χ4n) is 1.28. The van der Waals surface area contributed by atoms with Crippen LogP contribution in [-0.2, 0) is 9.84 Å². The standard InChI is InChI=1S/C10H12Cl2O3S/c1-7(16(14,15)5-4-13)8-2-3-9(11)10(12)6-8/h2-3,6-7,13H,4-5H2,1H3. The van der Waals surface area contributed by atoms with E-state index in [1.54, 1.807) is 19.1 Å². The van der Waals surface area contributed by atoms with Gasteiger partial charge in [-0.25, -0.2) is 8.42 Å². The third kappa shape index (κ3) is 3.10. The second kappa shape index (κ2) is 5.36. The van der Waals surface area contributed by atoms with Crippen molar-refractivity contribution in [2.45, 2.75) is 12.2 Å². The minimum Gasteiger partial charge on any atom is -0.395 e. The molecule has 0 saturated heterocycles. The molecule has 16 heavy (non-hydrogen) atoms. The smallest absolute Gasteiger partial charge is 0.159 e. The number of aliphatic hydroxyl groups is 1. The van der Waals surface area contributed by atoms with E-state index in [4.69, 9.17) is 28.3 Å². The van der Waals surface area contributed by atoms with Crippen molar-refractivity contribution in [3.05, 3.63) is 33.8 Å². The van der Waals surface area contributed by atoms with Gasteiger partial charge in [0.1, 0.15) is 0 Å². The van der Waals surface area contributed by atoms with Gasteiger partial charge in [-0.05, 0) is 24.6 Å². The Morgan fingerprint density at radius 3 is 2.44 bits per heavy atom. The van der Waals surface area contributed by atoms with Crippen molar-refractivity contribution in [2.75, 3.05) is 12.4 Å². The Labute approximate surface area is 105 Å². The highest BCUT2D eigenvalue weighted by molar-refractivity contribution is 7.91. The van der Waals surface area contributed by atoms with Crippen LogP contribution < -0.4 is 0 Å². The molecule has 1 unspecified atom stereocenters. The van der Waals surface area contributed by atoms with E-state index in [2.05, 4.69) is 0 Å². The van der Waals surface area contributed by atoms with Crippen molar-refractivity contribution in [3.8, 4) is 0 Å². The molecular formula is C10H12Cl2O3S. The summed E-state index contributed by atoms with van der Waals surface area (Å²) < 4.78 is 23.4. The Hall–Kier alpha value is -0.290. The number of rotatable bonds is 4. The van der Waals surface area contributed by atoms with Crippen LogP contribution in [-0.4, -0.2) is 25.9 Å². The fraction of sp³-hybridized carbons (Fsp3) is 0.400. The van der Waals surface area contributed by atoms with E-state index in [1.165, 1.54) is 6.07 Å². The van der Waals surface area contributed by atoms with E-state index >= 15 is 0 Å². The molecule has 90 valence electrons. The summed E-state index contributed by atoms with van der Waals surface area (Å²) in [5.41, 5.74) is 0.572. The molecule has 3 nitrogen and oxygen atoms in total. The van der Waals surface area contributed by atoms with Crippen LogP contribution in [0.15, 0.2) is 18.2 Å². The van der Waals surface area contributed by atoms with Gasteiger partial charge in [0.15, 0.2) is 9.84 Å². The average molecular weight is 283 g/mol. The first-order chi connectivity index (χ1) is 7.38. The van der Waals surface area contributed by atoms with Gasteiger partial charge in [0, 0.05) is 0 Å². The van der Waals surface area contributed by atoms with Crippen molar-refractivity contribution >= 4 is 33.0 Å². The zero-order chi connectivity index (χ0) is 12.3. The molecule has 0 spiro atoms. The average Bonchev–Trinajstić information content (AvgIpc) is 2.21. The van der Waals surface area contributed by atoms with Crippen LogP contribution in [0.4, 0.5) is 0 Å². The molecule has 0 amide bonds. The zero-order valence-electron chi connectivity index (χ0n) is 8.65. The molecule has 0 aliphatic rings. The van der Waals surface area contributed by atoms with E-state index in [0.717, 1.165) is 0 Å². The first kappa shape index (κ1) is 13.8. The SMILES string of the molecule is CC(c1ccc(Cl)c(Cl)c1)S(=O)(=O)CCO. The number of halogens is 2. The Morgan fingerprint density at radius 1 is 1.31 bits per heavy atom. The molecule has 0 fully saturated rings. The van der Waals surface area contributed by atoms with Crippen LogP contribution in [0.1, 0.15) is 17.7 Å². The first-order valence-electron chi connectivity index (χ1n) is 4.66. The molecule has 0 radical (unpaired) electrons. The molecule has 1 aromatic rings. The molecule has 1 aromatic carbocycles. The van der Waals surface area contributed by atoms with Crippen LogP contribution in [0.3, 0.4) is 0 Å². The number of hydrogen-bond donors (Lipinski definition) is 1. The maximum atomic E-state index is 11.7. The molecule has 1 N–H and O–H groups in total. The summed E-state index contributed by atoms with van der Waals surface area (Å²) in [6.45, 7) is 1.18. The summed E-state index contributed by atoms with van der Waals surface area (Å²) >= 11 is 11.5. The Balaban J connectivity index is 3.05. The minimum absolute atomic E-state index is 0.256. The van der Waals surface area contributed by atoms with Gasteiger partial charge in [0.2, 0.25) is 0 Å². The number of benzene rings is 1. The second-order valence-corrected chi connectivity index (χ2v) is 6.66. The Morgan fingerprint density at radius 2 is 1.94 bits per heavy atom. The summed E-state index contributed by atoms with van der Waals surface area (Å²) in [5.74, 6) is -0.256. The van der Waals surface area contributed by atoms with Crippen LogP contribution in [0.2, 0.25) is 10.0 Å². The molecule has 0 heterocycles. The Kier molecular flexibility index (Phi) is 4.62. The summed E-state index contributed by atoms with van der Waals surface area (Å²) in [7, 11) is -3.34. The molecule has 1 atom stereocenters. The largest absolute Gasteiger partial charge is 0.395 e. The van der Waals surface area contributed by atoms with E-state index in [0.29, 0.717) is 15.6 Å². The lowest BCUT2D eigenvalue weighted by atomic mass is 10.2. The van der Waals surface area contributed by atoms with Gasteiger partial charge in [0.05, 0.1) is 27.7 Å². The topological polar surface area (TPSA) is 54.4 Å². The highest BCUT2D eigenvalue weighted by atomic mass is 35.5. The third-order valence-corrected chi connectivity index (χ3v) is 5.17. The van der Waals surface area contributed by atoms with Gasteiger partial charge in [-0.3, -0.25) is 0 Å². The third-order valence-electron chi connectivity index (χ3n) is 2.33. The highest BCUT2D eigenvalue weighted by Crippen LogP contribution is 2.29. The molecule has 0 aliphatic carbocycles. The lowest BCUT2D eigenvalue weighted by Crippen LogP contribution is -2.16. The fourth-order valence-corrected chi connectivity index (χ4v) is 2.75. The molecule has 1 rings (SSSR count). The van der Waals surface area contributed by atoms with Crippen molar-refractivity contribution < 1.29 is 13.5 Å². The number of hydrogen-bond acceptors (Lipinski definition) is 3. The van der Waals surface area contributed by atoms with E-state index in [9.17, 15) is 8.42 Å². The predicted molar refractivity (Wildman–Crippen MR) is 65.7 cm³/mol.